The lowest BCUT2D eigenvalue weighted by atomic mass is 9.99. The van der Waals surface area contributed by atoms with Crippen molar-refractivity contribution in [1.82, 2.24) is 14.5 Å². The summed E-state index contributed by atoms with van der Waals surface area (Å²) in [6.45, 7) is 8.24. The van der Waals surface area contributed by atoms with Crippen LogP contribution in [0.25, 0.3) is 0 Å². The van der Waals surface area contributed by atoms with Crippen molar-refractivity contribution in [2.45, 2.75) is 63.3 Å². The number of likely N-dealkylation sites (tertiary alicyclic amines) is 1. The van der Waals surface area contributed by atoms with Crippen molar-refractivity contribution in [1.29, 1.82) is 0 Å². The van der Waals surface area contributed by atoms with Crippen molar-refractivity contribution >= 4 is 15.9 Å². The van der Waals surface area contributed by atoms with Gasteiger partial charge in [-0.3, -0.25) is 9.69 Å². The van der Waals surface area contributed by atoms with E-state index in [0.717, 1.165) is 38.8 Å². The molecule has 0 radical (unpaired) electrons. The molecule has 2 fully saturated rings. The third-order valence-corrected chi connectivity index (χ3v) is 8.06. The molecule has 2 aliphatic heterocycles. The molecule has 2 unspecified atom stereocenters. The first-order valence-corrected chi connectivity index (χ1v) is 12.4. The van der Waals surface area contributed by atoms with E-state index in [1.165, 1.54) is 18.9 Å². The van der Waals surface area contributed by atoms with E-state index in [-0.39, 0.29) is 16.8 Å². The highest BCUT2D eigenvalue weighted by atomic mass is 32.2. The number of amides is 1. The number of sulfonamides is 1. The number of rotatable bonds is 6. The Hall–Kier alpha value is -1.44. The van der Waals surface area contributed by atoms with Crippen LogP contribution in [0.2, 0.25) is 0 Å². The molecule has 2 heterocycles. The molecule has 1 aromatic rings. The first kappa shape index (κ1) is 22.2. The first-order valence-electron chi connectivity index (χ1n) is 11.0. The van der Waals surface area contributed by atoms with Gasteiger partial charge in [-0.2, -0.15) is 4.31 Å². The molecule has 3 rings (SSSR count). The lowest BCUT2D eigenvalue weighted by molar-refractivity contribution is 0.0917. The third kappa shape index (κ3) is 5.80. The van der Waals surface area contributed by atoms with Crippen LogP contribution in [0, 0.1) is 5.92 Å². The maximum atomic E-state index is 13.0. The lowest BCUT2D eigenvalue weighted by Gasteiger charge is -2.35. The number of nitrogens with zero attached hydrogens (tertiary/aromatic N) is 2. The molecule has 2 saturated heterocycles. The van der Waals surface area contributed by atoms with Crippen LogP contribution < -0.4 is 5.32 Å². The predicted octanol–water partition coefficient (Wildman–Crippen LogP) is 3.10. The molecule has 1 aromatic carbocycles. The topological polar surface area (TPSA) is 69.7 Å². The highest BCUT2D eigenvalue weighted by Gasteiger charge is 2.26. The summed E-state index contributed by atoms with van der Waals surface area (Å²) in [5.74, 6) is 0.484. The van der Waals surface area contributed by atoms with Gasteiger partial charge >= 0.3 is 0 Å². The van der Waals surface area contributed by atoms with E-state index in [0.29, 0.717) is 31.1 Å². The third-order valence-electron chi connectivity index (χ3n) is 6.17. The average Bonchev–Trinajstić information content (AvgIpc) is 3.02. The highest BCUT2D eigenvalue weighted by Crippen LogP contribution is 2.21. The van der Waals surface area contributed by atoms with Crippen LogP contribution in [0.3, 0.4) is 0 Å². The Bertz CT molecular complexity index is 788. The molecule has 1 N–H and O–H groups in total. The maximum absolute atomic E-state index is 13.0. The molecule has 0 aliphatic carbocycles. The van der Waals surface area contributed by atoms with E-state index in [1.54, 1.807) is 22.5 Å². The Kier molecular flexibility index (Phi) is 7.71. The summed E-state index contributed by atoms with van der Waals surface area (Å²) in [4.78, 5) is 15.3. The standard InChI is InChI=1S/C22H35N3O3S/c1-18-9-8-12-24(17-18)19(2)16-23-22(26)20-10-7-11-21(15-20)29(27,28)25-13-5-3-4-6-14-25/h7,10-11,15,18-19H,3-6,8-9,12-14,16-17H2,1-2H3,(H,23,26). The summed E-state index contributed by atoms with van der Waals surface area (Å²) in [7, 11) is -3.55. The van der Waals surface area contributed by atoms with Gasteiger partial charge in [0.1, 0.15) is 0 Å². The molecule has 2 aliphatic rings. The minimum absolute atomic E-state index is 0.213. The molecule has 0 bridgehead atoms. The number of carbonyl (C=O) groups excluding carboxylic acids is 1. The van der Waals surface area contributed by atoms with Crippen molar-refractivity contribution in [2.75, 3.05) is 32.7 Å². The van der Waals surface area contributed by atoms with Crippen molar-refractivity contribution in [2.24, 2.45) is 5.92 Å². The summed E-state index contributed by atoms with van der Waals surface area (Å²) in [6.07, 6.45) is 6.41. The fraction of sp³-hybridized carbons (Fsp3) is 0.682. The number of carbonyl (C=O) groups is 1. The van der Waals surface area contributed by atoms with Crippen LogP contribution in [0.4, 0.5) is 0 Å². The Morgan fingerprint density at radius 2 is 1.86 bits per heavy atom. The second-order valence-corrected chi connectivity index (χ2v) is 10.6. The second-order valence-electron chi connectivity index (χ2n) is 8.65. The van der Waals surface area contributed by atoms with E-state index < -0.39 is 10.0 Å². The quantitative estimate of drug-likeness (QED) is 0.766. The fourth-order valence-corrected chi connectivity index (χ4v) is 5.89. The van der Waals surface area contributed by atoms with Gasteiger partial charge in [-0.1, -0.05) is 25.8 Å². The maximum Gasteiger partial charge on any atom is 0.251 e. The van der Waals surface area contributed by atoms with E-state index in [2.05, 4.69) is 24.1 Å². The van der Waals surface area contributed by atoms with Gasteiger partial charge in [0.05, 0.1) is 4.90 Å². The van der Waals surface area contributed by atoms with Crippen molar-refractivity contribution < 1.29 is 13.2 Å². The fourth-order valence-electron chi connectivity index (χ4n) is 4.33. The van der Waals surface area contributed by atoms with Gasteiger partial charge in [0.15, 0.2) is 0 Å². The zero-order chi connectivity index (χ0) is 20.9. The van der Waals surface area contributed by atoms with Gasteiger partial charge in [0.25, 0.3) is 5.91 Å². The van der Waals surface area contributed by atoms with Crippen LogP contribution in [-0.4, -0.2) is 62.3 Å². The summed E-state index contributed by atoms with van der Waals surface area (Å²) in [5.41, 5.74) is 0.403. The molecule has 29 heavy (non-hydrogen) atoms. The van der Waals surface area contributed by atoms with Crippen LogP contribution in [0.5, 0.6) is 0 Å². The Balaban J connectivity index is 1.63. The largest absolute Gasteiger partial charge is 0.350 e. The molecule has 0 spiro atoms. The molecule has 7 heteroatoms. The monoisotopic (exact) mass is 421 g/mol. The summed E-state index contributed by atoms with van der Waals surface area (Å²) >= 11 is 0. The lowest BCUT2D eigenvalue weighted by Crippen LogP contribution is -2.46. The highest BCUT2D eigenvalue weighted by molar-refractivity contribution is 7.89. The smallest absolute Gasteiger partial charge is 0.251 e. The van der Waals surface area contributed by atoms with Crippen molar-refractivity contribution in [3.8, 4) is 0 Å². The number of hydrogen-bond donors (Lipinski definition) is 1. The van der Waals surface area contributed by atoms with Gasteiger partial charge in [-0.05, 0) is 63.3 Å². The first-order chi connectivity index (χ1) is 13.9. The number of nitrogens with one attached hydrogen (secondary N) is 1. The molecule has 2 atom stereocenters. The second kappa shape index (κ2) is 10.0. The van der Waals surface area contributed by atoms with Crippen LogP contribution >= 0.6 is 0 Å². The number of hydrogen-bond acceptors (Lipinski definition) is 4. The van der Waals surface area contributed by atoms with E-state index >= 15 is 0 Å². The van der Waals surface area contributed by atoms with Crippen LogP contribution in [0.1, 0.15) is 62.7 Å². The predicted molar refractivity (Wildman–Crippen MR) is 115 cm³/mol. The Labute approximate surface area is 175 Å². The van der Waals surface area contributed by atoms with Crippen molar-refractivity contribution in [3.63, 3.8) is 0 Å². The molecule has 6 nitrogen and oxygen atoms in total. The molecule has 162 valence electrons. The van der Waals surface area contributed by atoms with E-state index in [4.69, 9.17) is 0 Å². The zero-order valence-corrected chi connectivity index (χ0v) is 18.6. The Morgan fingerprint density at radius 3 is 2.55 bits per heavy atom. The minimum atomic E-state index is -3.55. The van der Waals surface area contributed by atoms with Gasteiger partial charge < -0.3 is 5.32 Å². The average molecular weight is 422 g/mol. The number of benzene rings is 1. The van der Waals surface area contributed by atoms with Gasteiger partial charge in [0, 0.05) is 37.8 Å². The SMILES string of the molecule is CC1CCCN(C(C)CNC(=O)c2cccc(S(=O)(=O)N3CCCCCC3)c2)C1. The minimum Gasteiger partial charge on any atom is -0.350 e. The van der Waals surface area contributed by atoms with Crippen molar-refractivity contribution in [3.05, 3.63) is 29.8 Å². The molecule has 0 aromatic heterocycles. The normalized spacial score (nSPS) is 23.3. The van der Waals surface area contributed by atoms with Crippen LogP contribution in [-0.2, 0) is 10.0 Å². The molecule has 1 amide bonds. The Morgan fingerprint density at radius 1 is 1.14 bits per heavy atom. The van der Waals surface area contributed by atoms with Crippen LogP contribution in [0.15, 0.2) is 29.2 Å². The zero-order valence-electron chi connectivity index (χ0n) is 17.8. The van der Waals surface area contributed by atoms with E-state index in [1.807, 2.05) is 0 Å². The molecule has 0 saturated carbocycles. The number of piperidine rings is 1. The van der Waals surface area contributed by atoms with Gasteiger partial charge in [-0.15, -0.1) is 0 Å². The molecular formula is C22H35N3O3S. The molecular weight excluding hydrogens is 386 g/mol. The van der Waals surface area contributed by atoms with E-state index in [9.17, 15) is 13.2 Å². The summed E-state index contributed by atoms with van der Waals surface area (Å²) < 4.78 is 27.6. The summed E-state index contributed by atoms with van der Waals surface area (Å²) in [6, 6.07) is 6.73. The summed E-state index contributed by atoms with van der Waals surface area (Å²) in [5, 5.41) is 2.99. The van der Waals surface area contributed by atoms with Gasteiger partial charge in [-0.25, -0.2) is 8.42 Å². The van der Waals surface area contributed by atoms with Gasteiger partial charge in [0.2, 0.25) is 10.0 Å².